The van der Waals surface area contributed by atoms with Crippen molar-refractivity contribution in [2.24, 2.45) is 11.8 Å². The van der Waals surface area contributed by atoms with Gasteiger partial charge in [-0.2, -0.15) is 0 Å². The van der Waals surface area contributed by atoms with Gasteiger partial charge in [0, 0.05) is 6.42 Å². The molecule has 0 bridgehead atoms. The Balaban J connectivity index is 4.39. The summed E-state index contributed by atoms with van der Waals surface area (Å²) < 4.78 is 4.87. The summed E-state index contributed by atoms with van der Waals surface area (Å²) in [6, 6.07) is -1.40. The van der Waals surface area contributed by atoms with Crippen molar-refractivity contribution in [1.82, 2.24) is 10.6 Å². The van der Waals surface area contributed by atoms with E-state index in [1.807, 2.05) is 27.7 Å². The minimum absolute atomic E-state index is 0.0493. The largest absolute Gasteiger partial charge is 0.467 e. The van der Waals surface area contributed by atoms with Crippen molar-refractivity contribution in [3.8, 4) is 0 Å². The van der Waals surface area contributed by atoms with E-state index in [0.717, 1.165) is 44.9 Å². The second kappa shape index (κ2) is 22.8. The van der Waals surface area contributed by atoms with Gasteiger partial charge in [-0.3, -0.25) is 9.59 Å². The monoisotopic (exact) mass is 518 g/mol. The number of carbonyl (C=O) groups is 3. The standard InChI is InChI=1S/C31H54N2O4/c1-7-10-11-12-13-14-15-16-17-18-19-20-21-22-23-24-27(34)32-28(25(4)8-2)30(35)33-29(26(5)9-3)31(36)37-6/h13-14,16-17,19-20,25-26,28-29H,7-12,15,18,21-24H2,1-6H3,(H,32,34)(H,33,35)/b14-13-,17-16-,20-19-/t25-,26-,28-,29-/m0/s1. The zero-order chi connectivity index (χ0) is 27.9. The zero-order valence-electron chi connectivity index (χ0n) is 24.4. The molecule has 6 heteroatoms. The molecular weight excluding hydrogens is 464 g/mol. The number of amides is 2. The molecule has 0 rings (SSSR count). The first kappa shape index (κ1) is 34.6. The van der Waals surface area contributed by atoms with Gasteiger partial charge in [0.05, 0.1) is 7.11 Å². The van der Waals surface area contributed by atoms with Crippen molar-refractivity contribution < 1.29 is 19.1 Å². The Bertz CT molecular complexity index is 714. The number of hydrogen-bond donors (Lipinski definition) is 2. The van der Waals surface area contributed by atoms with Gasteiger partial charge in [0.2, 0.25) is 11.8 Å². The van der Waals surface area contributed by atoms with Crippen LogP contribution in [0.4, 0.5) is 0 Å². The van der Waals surface area contributed by atoms with Gasteiger partial charge in [-0.15, -0.1) is 0 Å². The molecule has 0 aliphatic rings. The minimum atomic E-state index is -0.723. The molecule has 2 amide bonds. The predicted molar refractivity (Wildman–Crippen MR) is 154 cm³/mol. The number of rotatable bonds is 21. The number of esters is 1. The molecule has 0 unspecified atom stereocenters. The third-order valence-electron chi connectivity index (χ3n) is 6.82. The molecule has 0 spiro atoms. The fraction of sp³-hybridized carbons (Fsp3) is 0.710. The average Bonchev–Trinajstić information content (AvgIpc) is 2.90. The quantitative estimate of drug-likeness (QED) is 0.0993. The van der Waals surface area contributed by atoms with Crippen molar-refractivity contribution in [1.29, 1.82) is 0 Å². The van der Waals surface area contributed by atoms with Crippen molar-refractivity contribution >= 4 is 17.8 Å². The molecule has 0 aromatic carbocycles. The van der Waals surface area contributed by atoms with Crippen LogP contribution in [0.3, 0.4) is 0 Å². The van der Waals surface area contributed by atoms with E-state index in [1.165, 1.54) is 32.8 Å². The van der Waals surface area contributed by atoms with E-state index in [0.29, 0.717) is 6.42 Å². The third-order valence-corrected chi connectivity index (χ3v) is 6.82. The van der Waals surface area contributed by atoms with Crippen molar-refractivity contribution in [3.63, 3.8) is 0 Å². The Labute approximate surface area is 226 Å². The molecule has 2 N–H and O–H groups in total. The molecule has 37 heavy (non-hydrogen) atoms. The second-order valence-corrected chi connectivity index (χ2v) is 9.95. The van der Waals surface area contributed by atoms with Crippen molar-refractivity contribution in [3.05, 3.63) is 36.5 Å². The molecule has 4 atom stereocenters. The van der Waals surface area contributed by atoms with Crippen LogP contribution in [0.1, 0.15) is 112 Å². The summed E-state index contributed by atoms with van der Waals surface area (Å²) in [6.45, 7) is 10.0. The molecular formula is C31H54N2O4. The summed E-state index contributed by atoms with van der Waals surface area (Å²) in [5.41, 5.74) is 0. The van der Waals surface area contributed by atoms with Crippen LogP contribution >= 0.6 is 0 Å². The smallest absolute Gasteiger partial charge is 0.328 e. The Kier molecular flexibility index (Phi) is 21.3. The molecule has 0 aliphatic carbocycles. The highest BCUT2D eigenvalue weighted by atomic mass is 16.5. The van der Waals surface area contributed by atoms with Crippen molar-refractivity contribution in [2.75, 3.05) is 7.11 Å². The van der Waals surface area contributed by atoms with Gasteiger partial charge in [-0.05, 0) is 56.8 Å². The summed E-state index contributed by atoms with van der Waals surface area (Å²) in [4.78, 5) is 37.7. The molecule has 0 aromatic rings. The van der Waals surface area contributed by atoms with Crippen LogP contribution in [-0.2, 0) is 19.1 Å². The lowest BCUT2D eigenvalue weighted by molar-refractivity contribution is -0.147. The maximum Gasteiger partial charge on any atom is 0.328 e. The normalized spacial score (nSPS) is 15.1. The fourth-order valence-corrected chi connectivity index (χ4v) is 3.82. The van der Waals surface area contributed by atoms with Gasteiger partial charge in [-0.25, -0.2) is 4.79 Å². The SMILES string of the molecule is CCCCC/C=C\C/C=C\C/C=C\CCCCC(=O)N[C@H](C(=O)N[C@H](C(=O)OC)[C@@H](C)CC)[C@@H](C)CC. The van der Waals surface area contributed by atoms with E-state index in [9.17, 15) is 14.4 Å². The fourth-order valence-electron chi connectivity index (χ4n) is 3.82. The molecule has 0 aromatic heterocycles. The summed E-state index contributed by atoms with van der Waals surface area (Å²) in [7, 11) is 1.32. The molecule has 0 aliphatic heterocycles. The highest BCUT2D eigenvalue weighted by Crippen LogP contribution is 2.13. The maximum atomic E-state index is 13.0. The van der Waals surface area contributed by atoms with Crippen LogP contribution in [-0.4, -0.2) is 37.0 Å². The van der Waals surface area contributed by atoms with E-state index < -0.39 is 18.1 Å². The number of methoxy groups -OCH3 is 1. The average molecular weight is 519 g/mol. The van der Waals surface area contributed by atoms with Gasteiger partial charge in [-0.1, -0.05) is 96.8 Å². The highest BCUT2D eigenvalue weighted by Gasteiger charge is 2.32. The lowest BCUT2D eigenvalue weighted by Gasteiger charge is -2.28. The summed E-state index contributed by atoms with van der Waals surface area (Å²) in [5.74, 6) is -1.04. The predicted octanol–water partition coefficient (Wildman–Crippen LogP) is 6.81. The van der Waals surface area contributed by atoms with Gasteiger partial charge in [0.1, 0.15) is 12.1 Å². The lowest BCUT2D eigenvalue weighted by Crippen LogP contribution is -2.55. The number of nitrogens with one attached hydrogen (secondary N) is 2. The van der Waals surface area contributed by atoms with E-state index in [-0.39, 0.29) is 23.7 Å². The van der Waals surface area contributed by atoms with Gasteiger partial charge in [0.25, 0.3) is 0 Å². The van der Waals surface area contributed by atoms with E-state index >= 15 is 0 Å². The molecule has 0 saturated heterocycles. The molecule has 0 fully saturated rings. The number of hydrogen-bond acceptors (Lipinski definition) is 4. The van der Waals surface area contributed by atoms with Gasteiger partial charge < -0.3 is 15.4 Å². The summed E-state index contributed by atoms with van der Waals surface area (Å²) in [5, 5.41) is 5.72. The summed E-state index contributed by atoms with van der Waals surface area (Å²) in [6.07, 6.45) is 24.6. The second-order valence-electron chi connectivity index (χ2n) is 9.95. The maximum absolute atomic E-state index is 13.0. The van der Waals surface area contributed by atoms with Crippen LogP contribution in [0.2, 0.25) is 0 Å². The Morgan fingerprint density at radius 1 is 0.703 bits per heavy atom. The van der Waals surface area contributed by atoms with E-state index in [2.05, 4.69) is 54.0 Å². The van der Waals surface area contributed by atoms with Gasteiger partial charge >= 0.3 is 5.97 Å². The molecule has 0 radical (unpaired) electrons. The molecule has 212 valence electrons. The number of allylic oxidation sites excluding steroid dienone is 6. The Morgan fingerprint density at radius 3 is 1.73 bits per heavy atom. The Hall–Kier alpha value is -2.37. The van der Waals surface area contributed by atoms with Crippen LogP contribution in [0.5, 0.6) is 0 Å². The molecule has 0 saturated carbocycles. The van der Waals surface area contributed by atoms with E-state index in [1.54, 1.807) is 0 Å². The minimum Gasteiger partial charge on any atom is -0.467 e. The zero-order valence-corrected chi connectivity index (χ0v) is 24.4. The van der Waals surface area contributed by atoms with Crippen LogP contribution in [0.25, 0.3) is 0 Å². The number of carbonyl (C=O) groups excluding carboxylic acids is 3. The highest BCUT2D eigenvalue weighted by molar-refractivity contribution is 5.91. The first-order chi connectivity index (χ1) is 17.8. The number of unbranched alkanes of at least 4 members (excludes halogenated alkanes) is 5. The van der Waals surface area contributed by atoms with E-state index in [4.69, 9.17) is 4.74 Å². The van der Waals surface area contributed by atoms with Crippen molar-refractivity contribution in [2.45, 2.75) is 124 Å². The first-order valence-corrected chi connectivity index (χ1v) is 14.4. The van der Waals surface area contributed by atoms with Crippen LogP contribution in [0.15, 0.2) is 36.5 Å². The Morgan fingerprint density at radius 2 is 1.22 bits per heavy atom. The topological polar surface area (TPSA) is 84.5 Å². The molecule has 6 nitrogen and oxygen atoms in total. The molecule has 0 heterocycles. The number of ether oxygens (including phenoxy) is 1. The van der Waals surface area contributed by atoms with Gasteiger partial charge in [0.15, 0.2) is 0 Å². The lowest BCUT2D eigenvalue weighted by atomic mass is 9.95. The first-order valence-electron chi connectivity index (χ1n) is 14.4. The van der Waals surface area contributed by atoms with Crippen LogP contribution < -0.4 is 10.6 Å². The third kappa shape index (κ3) is 16.9. The van der Waals surface area contributed by atoms with Crippen LogP contribution in [0, 0.1) is 11.8 Å². The summed E-state index contributed by atoms with van der Waals surface area (Å²) >= 11 is 0.